The van der Waals surface area contributed by atoms with Gasteiger partial charge in [-0.3, -0.25) is 14.2 Å². The highest BCUT2D eigenvalue weighted by atomic mass is 35.5. The summed E-state index contributed by atoms with van der Waals surface area (Å²) in [7, 11) is 1.79. The van der Waals surface area contributed by atoms with Crippen molar-refractivity contribution in [1.82, 2.24) is 19.6 Å². The van der Waals surface area contributed by atoms with Gasteiger partial charge in [-0.25, -0.2) is 4.79 Å². The lowest BCUT2D eigenvalue weighted by atomic mass is 10.2. The lowest BCUT2D eigenvalue weighted by Gasteiger charge is -2.12. The molecule has 0 aliphatic rings. The van der Waals surface area contributed by atoms with Gasteiger partial charge < -0.3 is 10.1 Å². The first-order valence-corrected chi connectivity index (χ1v) is 9.81. The summed E-state index contributed by atoms with van der Waals surface area (Å²) in [4.78, 5) is 24.5. The van der Waals surface area contributed by atoms with E-state index < -0.39 is 18.0 Å². The lowest BCUT2D eigenvalue weighted by Crippen LogP contribution is -2.29. The molecule has 2 rings (SSSR count). The highest BCUT2D eigenvalue weighted by Gasteiger charge is 2.20. The first-order chi connectivity index (χ1) is 13.5. The molecule has 2 aromatic rings. The van der Waals surface area contributed by atoms with E-state index in [9.17, 15) is 9.59 Å². The number of hydrogen-bond donors (Lipinski definition) is 1. The number of halogens is 1. The normalized spacial score (nSPS) is 12.6. The summed E-state index contributed by atoms with van der Waals surface area (Å²) in [5, 5.41) is 11.9. The van der Waals surface area contributed by atoms with E-state index in [1.165, 1.54) is 13.0 Å². The lowest BCUT2D eigenvalue weighted by molar-refractivity contribution is -0.148. The van der Waals surface area contributed by atoms with Crippen LogP contribution in [0.5, 0.6) is 0 Å². The molecule has 0 aromatic carbocycles. The Balaban J connectivity index is 2.01. The number of hydrogen-bond acceptors (Lipinski definition) is 5. The number of nitrogens with zero attached hydrogens (tertiary/aromatic N) is 4. The maximum Gasteiger partial charge on any atom is 0.331 e. The van der Waals surface area contributed by atoms with Gasteiger partial charge in [-0.15, -0.1) is 0 Å². The van der Waals surface area contributed by atoms with Crippen molar-refractivity contribution in [1.29, 1.82) is 0 Å². The second-order valence-corrected chi connectivity index (χ2v) is 7.79. The third-order valence-electron chi connectivity index (χ3n) is 4.45. The molecule has 1 amide bonds. The van der Waals surface area contributed by atoms with Crippen LogP contribution in [0.1, 0.15) is 43.4 Å². The Bertz CT molecular complexity index is 943. The summed E-state index contributed by atoms with van der Waals surface area (Å²) in [5.41, 5.74) is 3.50. The molecule has 0 unspecified atom stereocenters. The summed E-state index contributed by atoms with van der Waals surface area (Å²) in [5.74, 6) is -0.677. The van der Waals surface area contributed by atoms with Crippen LogP contribution < -0.4 is 5.32 Å². The molecule has 1 N–H and O–H groups in total. The number of aryl methyl sites for hydroxylation is 3. The van der Waals surface area contributed by atoms with Crippen LogP contribution in [-0.4, -0.2) is 37.5 Å². The van der Waals surface area contributed by atoms with Crippen molar-refractivity contribution < 1.29 is 14.3 Å². The molecule has 29 heavy (non-hydrogen) atoms. The smallest absolute Gasteiger partial charge is 0.331 e. The topological polar surface area (TPSA) is 91.0 Å². The number of nitrogens with one attached hydrogen (secondary N) is 1. The number of esters is 1. The number of anilines is 1. The van der Waals surface area contributed by atoms with Gasteiger partial charge in [0, 0.05) is 25.2 Å². The van der Waals surface area contributed by atoms with Gasteiger partial charge >= 0.3 is 5.97 Å². The molecule has 2 heterocycles. The highest BCUT2D eigenvalue weighted by molar-refractivity contribution is 6.31. The molecule has 2 aromatic heterocycles. The van der Waals surface area contributed by atoms with Gasteiger partial charge in [-0.1, -0.05) is 25.4 Å². The quantitative estimate of drug-likeness (QED) is 0.546. The third kappa shape index (κ3) is 5.47. The Morgan fingerprint density at radius 3 is 2.38 bits per heavy atom. The zero-order valence-electron chi connectivity index (χ0n) is 17.9. The minimum atomic E-state index is -0.966. The molecule has 158 valence electrons. The second kappa shape index (κ2) is 9.26. The van der Waals surface area contributed by atoms with E-state index in [1.807, 2.05) is 13.8 Å². The van der Waals surface area contributed by atoms with Crippen molar-refractivity contribution in [2.45, 2.75) is 54.2 Å². The van der Waals surface area contributed by atoms with E-state index in [0.717, 1.165) is 5.69 Å². The van der Waals surface area contributed by atoms with Crippen molar-refractivity contribution in [3.05, 3.63) is 33.9 Å². The summed E-state index contributed by atoms with van der Waals surface area (Å²) in [6, 6.07) is 0. The number of amides is 1. The van der Waals surface area contributed by atoms with Crippen molar-refractivity contribution in [2.75, 3.05) is 5.32 Å². The van der Waals surface area contributed by atoms with E-state index in [1.54, 1.807) is 29.4 Å². The van der Waals surface area contributed by atoms with Crippen molar-refractivity contribution in [3.8, 4) is 0 Å². The molecule has 0 fully saturated rings. The number of rotatable bonds is 7. The molecule has 0 saturated heterocycles. The Morgan fingerprint density at radius 1 is 1.17 bits per heavy atom. The molecule has 0 aliphatic heterocycles. The van der Waals surface area contributed by atoms with Crippen molar-refractivity contribution >= 4 is 35.2 Å². The predicted octanol–water partition coefficient (Wildman–Crippen LogP) is 3.43. The molecule has 9 heteroatoms. The van der Waals surface area contributed by atoms with Crippen LogP contribution in [0.2, 0.25) is 5.15 Å². The summed E-state index contributed by atoms with van der Waals surface area (Å²) < 4.78 is 8.59. The molecular formula is C20H28ClN5O3. The zero-order chi connectivity index (χ0) is 21.9. The molecule has 0 radical (unpaired) electrons. The van der Waals surface area contributed by atoms with Gasteiger partial charge in [0.15, 0.2) is 6.10 Å². The Hall–Kier alpha value is -2.61. The van der Waals surface area contributed by atoms with Crippen LogP contribution in [0.3, 0.4) is 0 Å². The molecule has 0 saturated carbocycles. The number of carbonyl (C=O) groups is 2. The summed E-state index contributed by atoms with van der Waals surface area (Å²) in [6.45, 7) is 11.8. The van der Waals surface area contributed by atoms with Crippen LogP contribution in [0.4, 0.5) is 5.69 Å². The Kier molecular flexibility index (Phi) is 7.24. The van der Waals surface area contributed by atoms with Crippen LogP contribution in [0.25, 0.3) is 6.08 Å². The molecular weight excluding hydrogens is 394 g/mol. The van der Waals surface area contributed by atoms with Crippen LogP contribution >= 0.6 is 11.6 Å². The number of aromatic nitrogens is 4. The Labute approximate surface area is 175 Å². The van der Waals surface area contributed by atoms with E-state index in [0.29, 0.717) is 40.3 Å². The fourth-order valence-corrected chi connectivity index (χ4v) is 3.13. The maximum absolute atomic E-state index is 12.4. The SMILES string of the molecule is Cc1nn(CC(C)C)c(Cl)c1/C=C/C(=O)O[C@@H](C)C(=O)Nc1c(C)nn(C)c1C. The highest BCUT2D eigenvalue weighted by Crippen LogP contribution is 2.22. The summed E-state index contributed by atoms with van der Waals surface area (Å²) >= 11 is 6.36. The largest absolute Gasteiger partial charge is 0.449 e. The molecule has 0 spiro atoms. The maximum atomic E-state index is 12.4. The number of ether oxygens (including phenoxy) is 1. The molecule has 8 nitrogen and oxygen atoms in total. The van der Waals surface area contributed by atoms with Gasteiger partial charge in [0.05, 0.1) is 22.8 Å². The van der Waals surface area contributed by atoms with Crippen LogP contribution in [-0.2, 0) is 27.9 Å². The average molecular weight is 422 g/mol. The standard InChI is InChI=1S/C20H28ClN5O3/c1-11(2)10-26-19(21)16(12(3)24-26)8-9-17(27)29-15(6)20(28)22-18-13(4)23-25(7)14(18)5/h8-9,11,15H,10H2,1-7H3,(H,22,28)/b9-8+/t15-/m0/s1. The average Bonchev–Trinajstić information content (AvgIpc) is 3.02. The van der Waals surface area contributed by atoms with Gasteiger partial charge in [0.2, 0.25) is 0 Å². The van der Waals surface area contributed by atoms with Crippen molar-refractivity contribution in [2.24, 2.45) is 13.0 Å². The van der Waals surface area contributed by atoms with Gasteiger partial charge in [-0.2, -0.15) is 10.2 Å². The zero-order valence-corrected chi connectivity index (χ0v) is 18.7. The van der Waals surface area contributed by atoms with Gasteiger partial charge in [-0.05, 0) is 39.7 Å². The van der Waals surface area contributed by atoms with Crippen LogP contribution in [0.15, 0.2) is 6.08 Å². The van der Waals surface area contributed by atoms with E-state index in [4.69, 9.17) is 16.3 Å². The minimum absolute atomic E-state index is 0.389. The van der Waals surface area contributed by atoms with Gasteiger partial charge in [0.25, 0.3) is 5.91 Å². The predicted molar refractivity (Wildman–Crippen MR) is 113 cm³/mol. The second-order valence-electron chi connectivity index (χ2n) is 7.44. The van der Waals surface area contributed by atoms with Crippen LogP contribution in [0, 0.1) is 26.7 Å². The molecule has 1 atom stereocenters. The minimum Gasteiger partial charge on any atom is -0.449 e. The fraction of sp³-hybridized carbons (Fsp3) is 0.500. The number of carbonyl (C=O) groups excluding carboxylic acids is 2. The molecule has 0 aliphatic carbocycles. The van der Waals surface area contributed by atoms with E-state index in [2.05, 4.69) is 29.4 Å². The van der Waals surface area contributed by atoms with Gasteiger partial charge in [0.1, 0.15) is 5.15 Å². The monoisotopic (exact) mass is 421 g/mol. The molecule has 0 bridgehead atoms. The fourth-order valence-electron chi connectivity index (χ4n) is 2.82. The third-order valence-corrected chi connectivity index (χ3v) is 4.85. The van der Waals surface area contributed by atoms with Crippen molar-refractivity contribution in [3.63, 3.8) is 0 Å². The van der Waals surface area contributed by atoms with E-state index >= 15 is 0 Å². The Morgan fingerprint density at radius 2 is 1.83 bits per heavy atom. The first kappa shape index (κ1) is 22.7. The first-order valence-electron chi connectivity index (χ1n) is 9.43. The summed E-state index contributed by atoms with van der Waals surface area (Å²) in [6.07, 6.45) is 1.84. The van der Waals surface area contributed by atoms with E-state index in [-0.39, 0.29) is 0 Å².